The molecule has 7 heteroatoms. The summed E-state index contributed by atoms with van der Waals surface area (Å²) in [4.78, 5) is 2.30. The Labute approximate surface area is 124 Å². The fourth-order valence-electron chi connectivity index (χ4n) is 2.80. The molecule has 1 aromatic heterocycles. The summed E-state index contributed by atoms with van der Waals surface area (Å²) in [5.41, 5.74) is 6.65. The fraction of sp³-hybridized carbons (Fsp3) is 0.692. The van der Waals surface area contributed by atoms with Crippen molar-refractivity contribution in [3.8, 4) is 0 Å². The number of anilines is 1. The molecule has 1 saturated heterocycles. The highest BCUT2D eigenvalue weighted by Crippen LogP contribution is 2.27. The van der Waals surface area contributed by atoms with E-state index in [9.17, 15) is 5.11 Å². The van der Waals surface area contributed by atoms with E-state index >= 15 is 0 Å². The largest absolute Gasteiger partial charge is 0.389 e. The van der Waals surface area contributed by atoms with Crippen molar-refractivity contribution in [2.45, 2.75) is 25.4 Å². The van der Waals surface area contributed by atoms with Gasteiger partial charge in [0.15, 0.2) is 0 Å². The average Bonchev–Trinajstić information content (AvgIpc) is 2.64. The smallest absolute Gasteiger partial charge is 0.136 e. The number of rotatable bonds is 4. The van der Waals surface area contributed by atoms with Crippen LogP contribution in [0.3, 0.4) is 0 Å². The summed E-state index contributed by atoms with van der Waals surface area (Å²) in [6.45, 7) is 3.58. The lowest BCUT2D eigenvalue weighted by molar-refractivity contribution is -0.0573. The van der Waals surface area contributed by atoms with Gasteiger partial charge in [-0.2, -0.15) is 5.10 Å². The minimum Gasteiger partial charge on any atom is -0.389 e. The zero-order chi connectivity index (χ0) is 14.9. The Morgan fingerprint density at radius 1 is 1.55 bits per heavy atom. The SMILES string of the molecule is Cc1nn(C)c(N(C)CC2(O)CCOCC2)c1C(N)=S. The predicted molar refractivity (Wildman–Crippen MR) is 82.1 cm³/mol. The fourth-order valence-corrected chi connectivity index (χ4v) is 3.04. The Morgan fingerprint density at radius 2 is 2.15 bits per heavy atom. The first-order chi connectivity index (χ1) is 9.34. The van der Waals surface area contributed by atoms with Crippen LogP contribution in [0, 0.1) is 6.92 Å². The Balaban J connectivity index is 2.25. The standard InChI is InChI=1S/C13H22N4O2S/c1-9-10(11(14)20)12(17(3)15-9)16(2)8-13(18)4-6-19-7-5-13/h18H,4-8H2,1-3H3,(H2,14,20). The van der Waals surface area contributed by atoms with Crippen molar-refractivity contribution in [3.05, 3.63) is 11.3 Å². The Hall–Kier alpha value is -1.18. The third kappa shape index (κ3) is 2.94. The molecular weight excluding hydrogens is 276 g/mol. The topological polar surface area (TPSA) is 76.5 Å². The molecule has 6 nitrogen and oxygen atoms in total. The van der Waals surface area contributed by atoms with Crippen LogP contribution < -0.4 is 10.6 Å². The first kappa shape index (κ1) is 15.2. The van der Waals surface area contributed by atoms with Gasteiger partial charge in [-0.25, -0.2) is 0 Å². The second kappa shape index (κ2) is 5.67. The second-order valence-electron chi connectivity index (χ2n) is 5.46. The molecule has 0 aliphatic carbocycles. The molecule has 2 rings (SSSR count). The third-order valence-electron chi connectivity index (χ3n) is 3.75. The van der Waals surface area contributed by atoms with Crippen molar-refractivity contribution in [2.24, 2.45) is 12.8 Å². The highest BCUT2D eigenvalue weighted by Gasteiger charge is 2.32. The van der Waals surface area contributed by atoms with Crippen LogP contribution in [-0.4, -0.2) is 52.3 Å². The lowest BCUT2D eigenvalue weighted by Crippen LogP contribution is -2.46. The van der Waals surface area contributed by atoms with Crippen molar-refractivity contribution in [2.75, 3.05) is 31.7 Å². The maximum Gasteiger partial charge on any atom is 0.136 e. The minimum absolute atomic E-state index is 0.330. The molecule has 20 heavy (non-hydrogen) atoms. The van der Waals surface area contributed by atoms with E-state index in [2.05, 4.69) is 5.10 Å². The van der Waals surface area contributed by atoms with Crippen LogP contribution in [0.25, 0.3) is 0 Å². The molecule has 1 aliphatic rings. The van der Waals surface area contributed by atoms with Crippen LogP contribution in [-0.2, 0) is 11.8 Å². The first-order valence-electron chi connectivity index (χ1n) is 6.69. The molecule has 0 saturated carbocycles. The van der Waals surface area contributed by atoms with Crippen LogP contribution >= 0.6 is 12.2 Å². The van der Waals surface area contributed by atoms with Gasteiger partial charge in [-0.1, -0.05) is 12.2 Å². The van der Waals surface area contributed by atoms with E-state index in [4.69, 9.17) is 22.7 Å². The van der Waals surface area contributed by atoms with Gasteiger partial charge in [0.1, 0.15) is 10.8 Å². The Bertz CT molecular complexity index is 509. The van der Waals surface area contributed by atoms with Gasteiger partial charge in [0.05, 0.1) is 16.9 Å². The lowest BCUT2D eigenvalue weighted by atomic mass is 9.94. The summed E-state index contributed by atoms with van der Waals surface area (Å²) < 4.78 is 7.06. The van der Waals surface area contributed by atoms with E-state index in [1.165, 1.54) is 0 Å². The molecular formula is C13H22N4O2S. The molecule has 0 atom stereocenters. The van der Waals surface area contributed by atoms with Gasteiger partial charge in [0, 0.05) is 46.7 Å². The number of aryl methyl sites for hydroxylation is 2. The van der Waals surface area contributed by atoms with E-state index in [-0.39, 0.29) is 0 Å². The summed E-state index contributed by atoms with van der Waals surface area (Å²) in [7, 11) is 3.78. The summed E-state index contributed by atoms with van der Waals surface area (Å²) in [5.74, 6) is 0.843. The van der Waals surface area contributed by atoms with Crippen LogP contribution in [0.2, 0.25) is 0 Å². The average molecular weight is 298 g/mol. The molecule has 1 aromatic rings. The number of ether oxygens (including phenoxy) is 1. The highest BCUT2D eigenvalue weighted by molar-refractivity contribution is 7.80. The van der Waals surface area contributed by atoms with Crippen molar-refractivity contribution in [1.29, 1.82) is 0 Å². The van der Waals surface area contributed by atoms with Gasteiger partial charge in [-0.15, -0.1) is 0 Å². The number of hydrogen-bond donors (Lipinski definition) is 2. The Morgan fingerprint density at radius 3 is 2.70 bits per heavy atom. The van der Waals surface area contributed by atoms with Crippen molar-refractivity contribution >= 4 is 23.0 Å². The number of aliphatic hydroxyl groups is 1. The number of aromatic nitrogens is 2. The number of nitrogens with two attached hydrogens (primary N) is 1. The summed E-state index contributed by atoms with van der Waals surface area (Å²) >= 11 is 5.12. The number of nitrogens with zero attached hydrogens (tertiary/aromatic N) is 3. The molecule has 0 bridgehead atoms. The van der Waals surface area contributed by atoms with E-state index < -0.39 is 5.60 Å². The summed E-state index contributed by atoms with van der Waals surface area (Å²) in [5, 5.41) is 15.0. The zero-order valence-corrected chi connectivity index (χ0v) is 13.0. The normalized spacial score (nSPS) is 18.0. The summed E-state index contributed by atoms with van der Waals surface area (Å²) in [6.07, 6.45) is 1.27. The van der Waals surface area contributed by atoms with Crippen LogP contribution in [0.1, 0.15) is 24.1 Å². The highest BCUT2D eigenvalue weighted by atomic mass is 32.1. The number of thiocarbonyl (C=S) groups is 1. The van der Waals surface area contributed by atoms with E-state index in [0.717, 1.165) is 17.1 Å². The van der Waals surface area contributed by atoms with Gasteiger partial charge < -0.3 is 20.5 Å². The maximum atomic E-state index is 10.6. The van der Waals surface area contributed by atoms with Crippen LogP contribution in [0.5, 0.6) is 0 Å². The maximum absolute atomic E-state index is 10.6. The number of hydrogen-bond acceptors (Lipinski definition) is 5. The molecule has 0 amide bonds. The van der Waals surface area contributed by atoms with Gasteiger partial charge in [0.25, 0.3) is 0 Å². The minimum atomic E-state index is -0.737. The van der Waals surface area contributed by atoms with Crippen LogP contribution in [0.15, 0.2) is 0 Å². The molecule has 1 aliphatic heterocycles. The molecule has 3 N–H and O–H groups in total. The number of likely N-dealkylation sites (N-methyl/N-ethyl adjacent to an activating group) is 1. The lowest BCUT2D eigenvalue weighted by Gasteiger charge is -2.36. The van der Waals surface area contributed by atoms with Gasteiger partial charge in [0.2, 0.25) is 0 Å². The quantitative estimate of drug-likeness (QED) is 0.781. The van der Waals surface area contributed by atoms with Crippen molar-refractivity contribution in [3.63, 3.8) is 0 Å². The predicted octanol–water partition coefficient (Wildman–Crippen LogP) is 0.340. The van der Waals surface area contributed by atoms with Gasteiger partial charge >= 0.3 is 0 Å². The zero-order valence-electron chi connectivity index (χ0n) is 12.2. The molecule has 2 heterocycles. The summed E-state index contributed by atoms with van der Waals surface area (Å²) in [6, 6.07) is 0. The van der Waals surface area contributed by atoms with Crippen molar-refractivity contribution < 1.29 is 9.84 Å². The molecule has 1 fully saturated rings. The molecule has 0 radical (unpaired) electrons. The molecule has 112 valence electrons. The molecule has 0 aromatic carbocycles. The third-order valence-corrected chi connectivity index (χ3v) is 3.96. The van der Waals surface area contributed by atoms with E-state index in [1.54, 1.807) is 4.68 Å². The first-order valence-corrected chi connectivity index (χ1v) is 7.09. The van der Waals surface area contributed by atoms with E-state index in [0.29, 0.717) is 37.6 Å². The molecule has 0 unspecified atom stereocenters. The van der Waals surface area contributed by atoms with Gasteiger partial charge in [-0.3, -0.25) is 4.68 Å². The van der Waals surface area contributed by atoms with Gasteiger partial charge in [-0.05, 0) is 6.92 Å². The second-order valence-corrected chi connectivity index (χ2v) is 5.90. The van der Waals surface area contributed by atoms with Crippen molar-refractivity contribution in [1.82, 2.24) is 9.78 Å². The molecule has 0 spiro atoms. The monoisotopic (exact) mass is 298 g/mol. The Kier molecular flexibility index (Phi) is 4.31. The van der Waals surface area contributed by atoms with E-state index in [1.807, 2.05) is 25.9 Å². The van der Waals surface area contributed by atoms with Crippen LogP contribution in [0.4, 0.5) is 5.82 Å².